The fourth-order valence-electron chi connectivity index (χ4n) is 4.43. The minimum atomic E-state index is 0.736. The van der Waals surface area contributed by atoms with Gasteiger partial charge in [0.1, 0.15) is 0 Å². The summed E-state index contributed by atoms with van der Waals surface area (Å²) in [4.78, 5) is 2.90. The van der Waals surface area contributed by atoms with Gasteiger partial charge in [-0.05, 0) is 45.6 Å². The van der Waals surface area contributed by atoms with Gasteiger partial charge in [-0.3, -0.25) is 4.90 Å². The van der Waals surface area contributed by atoms with Crippen LogP contribution in [0.3, 0.4) is 0 Å². The van der Waals surface area contributed by atoms with Gasteiger partial charge in [0.2, 0.25) is 0 Å². The summed E-state index contributed by atoms with van der Waals surface area (Å²) in [6.07, 6.45) is 12.7. The zero-order valence-electron chi connectivity index (χ0n) is 13.3. The summed E-state index contributed by atoms with van der Waals surface area (Å²) >= 11 is 0. The summed E-state index contributed by atoms with van der Waals surface area (Å²) in [5.74, 6) is 0. The molecule has 4 unspecified atom stereocenters. The highest BCUT2D eigenvalue weighted by molar-refractivity contribution is 4.95. The Kier molecular flexibility index (Phi) is 6.15. The summed E-state index contributed by atoms with van der Waals surface area (Å²) < 4.78 is 0. The SMILES string of the molecule is CCNC1CCCCCCC1N1C(C)CCC1CC. The third-order valence-electron chi connectivity index (χ3n) is 5.40. The van der Waals surface area contributed by atoms with Crippen molar-refractivity contribution in [1.82, 2.24) is 10.2 Å². The molecule has 4 atom stereocenters. The van der Waals surface area contributed by atoms with Gasteiger partial charge >= 0.3 is 0 Å². The number of likely N-dealkylation sites (N-methyl/N-ethyl adjacent to an activating group) is 1. The molecule has 2 fully saturated rings. The summed E-state index contributed by atoms with van der Waals surface area (Å²) in [7, 11) is 0. The zero-order chi connectivity index (χ0) is 13.7. The number of likely N-dealkylation sites (tertiary alicyclic amines) is 1. The smallest absolute Gasteiger partial charge is 0.0255 e. The molecule has 0 aromatic carbocycles. The van der Waals surface area contributed by atoms with Crippen molar-refractivity contribution in [2.75, 3.05) is 6.54 Å². The van der Waals surface area contributed by atoms with E-state index in [1.165, 1.54) is 57.8 Å². The van der Waals surface area contributed by atoms with E-state index in [0.29, 0.717) is 0 Å². The predicted molar refractivity (Wildman–Crippen MR) is 83.6 cm³/mol. The second-order valence-electron chi connectivity index (χ2n) is 6.66. The molecule has 1 heterocycles. The van der Waals surface area contributed by atoms with Crippen LogP contribution < -0.4 is 5.32 Å². The third kappa shape index (κ3) is 3.72. The van der Waals surface area contributed by atoms with Crippen molar-refractivity contribution in [1.29, 1.82) is 0 Å². The van der Waals surface area contributed by atoms with Gasteiger partial charge in [-0.1, -0.05) is 39.5 Å². The molecule has 1 saturated carbocycles. The highest BCUT2D eigenvalue weighted by Crippen LogP contribution is 2.33. The van der Waals surface area contributed by atoms with Crippen LogP contribution in [-0.4, -0.2) is 35.6 Å². The largest absolute Gasteiger partial charge is 0.313 e. The molecule has 0 spiro atoms. The van der Waals surface area contributed by atoms with Crippen LogP contribution in [0.5, 0.6) is 0 Å². The van der Waals surface area contributed by atoms with E-state index in [2.05, 4.69) is 31.0 Å². The monoisotopic (exact) mass is 266 g/mol. The van der Waals surface area contributed by atoms with Crippen molar-refractivity contribution in [3.63, 3.8) is 0 Å². The molecule has 2 heteroatoms. The van der Waals surface area contributed by atoms with E-state index in [9.17, 15) is 0 Å². The van der Waals surface area contributed by atoms with Crippen molar-refractivity contribution < 1.29 is 0 Å². The Morgan fingerprint density at radius 1 is 0.947 bits per heavy atom. The Hall–Kier alpha value is -0.0800. The predicted octanol–water partition coefficient (Wildman–Crippen LogP) is 3.95. The molecule has 1 N–H and O–H groups in total. The molecule has 112 valence electrons. The quantitative estimate of drug-likeness (QED) is 0.829. The van der Waals surface area contributed by atoms with E-state index >= 15 is 0 Å². The minimum absolute atomic E-state index is 0.736. The highest BCUT2D eigenvalue weighted by atomic mass is 15.3. The number of nitrogens with one attached hydrogen (secondary N) is 1. The molecule has 2 nitrogen and oxygen atoms in total. The second kappa shape index (κ2) is 7.64. The first-order valence-electron chi connectivity index (χ1n) is 8.78. The summed E-state index contributed by atoms with van der Waals surface area (Å²) in [6, 6.07) is 3.18. The first kappa shape index (κ1) is 15.3. The van der Waals surface area contributed by atoms with Crippen molar-refractivity contribution >= 4 is 0 Å². The fraction of sp³-hybridized carbons (Fsp3) is 1.00. The van der Waals surface area contributed by atoms with Crippen LogP contribution in [0.25, 0.3) is 0 Å². The molecule has 1 saturated heterocycles. The van der Waals surface area contributed by atoms with E-state index in [4.69, 9.17) is 0 Å². The van der Waals surface area contributed by atoms with Gasteiger partial charge in [-0.15, -0.1) is 0 Å². The molecule has 0 aromatic rings. The van der Waals surface area contributed by atoms with Crippen LogP contribution in [0.1, 0.15) is 78.6 Å². The Balaban J connectivity index is 2.10. The van der Waals surface area contributed by atoms with E-state index in [1.54, 1.807) is 0 Å². The van der Waals surface area contributed by atoms with E-state index in [1.807, 2.05) is 0 Å². The Labute approximate surface area is 120 Å². The Morgan fingerprint density at radius 3 is 2.37 bits per heavy atom. The standard InChI is InChI=1S/C17H34N2/c1-4-15-13-12-14(3)19(15)17-11-9-7-6-8-10-16(17)18-5-2/h14-18H,4-13H2,1-3H3. The number of hydrogen-bond donors (Lipinski definition) is 1. The van der Waals surface area contributed by atoms with Crippen LogP contribution >= 0.6 is 0 Å². The second-order valence-corrected chi connectivity index (χ2v) is 6.66. The molecule has 2 rings (SSSR count). The lowest BCUT2D eigenvalue weighted by molar-refractivity contribution is 0.0867. The molecule has 1 aliphatic carbocycles. The molecule has 0 amide bonds. The Bertz CT molecular complexity index is 254. The first-order valence-corrected chi connectivity index (χ1v) is 8.78. The first-order chi connectivity index (χ1) is 9.27. The molecule has 0 radical (unpaired) electrons. The van der Waals surface area contributed by atoms with Crippen LogP contribution in [0.15, 0.2) is 0 Å². The van der Waals surface area contributed by atoms with Crippen molar-refractivity contribution in [2.45, 2.75) is 103 Å². The van der Waals surface area contributed by atoms with Gasteiger partial charge in [-0.2, -0.15) is 0 Å². The lowest BCUT2D eigenvalue weighted by Crippen LogP contribution is -2.54. The maximum absolute atomic E-state index is 3.80. The van der Waals surface area contributed by atoms with Crippen LogP contribution in [0, 0.1) is 0 Å². The Morgan fingerprint density at radius 2 is 1.68 bits per heavy atom. The van der Waals surface area contributed by atoms with Crippen molar-refractivity contribution in [3.8, 4) is 0 Å². The summed E-state index contributed by atoms with van der Waals surface area (Å²) in [5, 5.41) is 3.80. The zero-order valence-corrected chi connectivity index (χ0v) is 13.3. The molecule has 1 aliphatic heterocycles. The fourth-order valence-corrected chi connectivity index (χ4v) is 4.43. The average molecular weight is 266 g/mol. The number of nitrogens with zero attached hydrogens (tertiary/aromatic N) is 1. The molecule has 19 heavy (non-hydrogen) atoms. The normalized spacial score (nSPS) is 38.1. The van der Waals surface area contributed by atoms with E-state index in [-0.39, 0.29) is 0 Å². The minimum Gasteiger partial charge on any atom is -0.313 e. The maximum Gasteiger partial charge on any atom is 0.0255 e. The number of hydrogen-bond acceptors (Lipinski definition) is 2. The topological polar surface area (TPSA) is 15.3 Å². The average Bonchev–Trinajstić information content (AvgIpc) is 2.75. The maximum atomic E-state index is 3.80. The van der Waals surface area contributed by atoms with Gasteiger partial charge < -0.3 is 5.32 Å². The van der Waals surface area contributed by atoms with Gasteiger partial charge in [0.15, 0.2) is 0 Å². The van der Waals surface area contributed by atoms with Crippen molar-refractivity contribution in [2.24, 2.45) is 0 Å². The lowest BCUT2D eigenvalue weighted by atomic mass is 9.90. The third-order valence-corrected chi connectivity index (χ3v) is 5.40. The molecular weight excluding hydrogens is 232 g/mol. The summed E-state index contributed by atoms with van der Waals surface area (Å²) in [6.45, 7) is 8.22. The van der Waals surface area contributed by atoms with Crippen LogP contribution in [0.4, 0.5) is 0 Å². The van der Waals surface area contributed by atoms with Crippen molar-refractivity contribution in [3.05, 3.63) is 0 Å². The molecule has 0 aromatic heterocycles. The van der Waals surface area contributed by atoms with Crippen LogP contribution in [-0.2, 0) is 0 Å². The lowest BCUT2D eigenvalue weighted by Gasteiger charge is -2.42. The van der Waals surface area contributed by atoms with E-state index < -0.39 is 0 Å². The summed E-state index contributed by atoms with van der Waals surface area (Å²) in [5.41, 5.74) is 0. The van der Waals surface area contributed by atoms with Gasteiger partial charge in [-0.25, -0.2) is 0 Å². The molecule has 2 aliphatic rings. The molecular formula is C17H34N2. The molecule has 0 bridgehead atoms. The van der Waals surface area contributed by atoms with Gasteiger partial charge in [0.05, 0.1) is 0 Å². The van der Waals surface area contributed by atoms with Crippen LogP contribution in [0.2, 0.25) is 0 Å². The number of rotatable bonds is 4. The van der Waals surface area contributed by atoms with E-state index in [0.717, 1.165) is 30.7 Å². The van der Waals surface area contributed by atoms with Gasteiger partial charge in [0, 0.05) is 24.2 Å². The van der Waals surface area contributed by atoms with Gasteiger partial charge in [0.25, 0.3) is 0 Å². The highest BCUT2D eigenvalue weighted by Gasteiger charge is 2.37.